The van der Waals surface area contributed by atoms with Gasteiger partial charge in [0.05, 0.1) is 17.6 Å². The molecule has 0 unspecified atom stereocenters. The lowest BCUT2D eigenvalue weighted by atomic mass is 9.42. The number of carbonyl (C=O) groups is 3. The van der Waals surface area contributed by atoms with Crippen LogP contribution in [0.1, 0.15) is 86.5 Å². The molecule has 6 nitrogen and oxygen atoms in total. The first-order chi connectivity index (χ1) is 15.1. The van der Waals surface area contributed by atoms with E-state index in [0.717, 1.165) is 0 Å². The summed E-state index contributed by atoms with van der Waals surface area (Å²) in [6, 6.07) is 0. The number of rotatable bonds is 1. The van der Waals surface area contributed by atoms with Crippen LogP contribution in [0.2, 0.25) is 0 Å². The maximum absolute atomic E-state index is 14.0. The Morgan fingerprint density at radius 3 is 2.21 bits per heavy atom. The number of aliphatic hydroxyl groups is 2. The maximum Gasteiger partial charge on any atom is 0.306 e. The van der Waals surface area contributed by atoms with Gasteiger partial charge in [-0.15, -0.1) is 0 Å². The summed E-state index contributed by atoms with van der Waals surface area (Å²) in [5, 5.41) is 22.3. The molecule has 33 heavy (non-hydrogen) atoms. The van der Waals surface area contributed by atoms with E-state index in [0.29, 0.717) is 43.3 Å². The molecule has 0 radical (unpaired) electrons. The third-order valence-electron chi connectivity index (χ3n) is 11.2. The first-order valence-corrected chi connectivity index (χ1v) is 12.5. The second-order valence-corrected chi connectivity index (χ2v) is 13.0. The van der Waals surface area contributed by atoms with Gasteiger partial charge in [0.1, 0.15) is 11.4 Å². The largest absolute Gasteiger partial charge is 0.459 e. The number of ketones is 2. The van der Waals surface area contributed by atoms with Crippen LogP contribution in [0.15, 0.2) is 11.1 Å². The topological polar surface area (TPSA) is 101 Å². The summed E-state index contributed by atoms with van der Waals surface area (Å²) in [6.45, 7) is 12.0. The number of hydrogen-bond donors (Lipinski definition) is 2. The molecule has 0 aromatic carbocycles. The highest BCUT2D eigenvalue weighted by molar-refractivity contribution is 6.05. The highest BCUT2D eigenvalue weighted by atomic mass is 16.6. The van der Waals surface area contributed by atoms with Gasteiger partial charge in [-0.05, 0) is 67.3 Å². The number of cyclic esters (lactones) is 1. The fourth-order valence-electron chi connectivity index (χ4n) is 9.08. The van der Waals surface area contributed by atoms with E-state index in [1.165, 1.54) is 0 Å². The molecule has 1 aliphatic heterocycles. The van der Waals surface area contributed by atoms with Crippen molar-refractivity contribution < 1.29 is 29.3 Å². The van der Waals surface area contributed by atoms with Crippen LogP contribution >= 0.6 is 0 Å². The van der Waals surface area contributed by atoms with Crippen molar-refractivity contribution in [1.82, 2.24) is 0 Å². The van der Waals surface area contributed by atoms with E-state index >= 15 is 0 Å². The second kappa shape index (κ2) is 6.57. The number of fused-ring (bicyclic) bond motifs is 4. The molecule has 6 heteroatoms. The first-order valence-electron chi connectivity index (χ1n) is 12.5. The van der Waals surface area contributed by atoms with Crippen LogP contribution in [0.3, 0.4) is 0 Å². The molecule has 2 saturated carbocycles. The zero-order valence-electron chi connectivity index (χ0n) is 20.8. The van der Waals surface area contributed by atoms with E-state index in [9.17, 15) is 24.6 Å². The van der Waals surface area contributed by atoms with Crippen LogP contribution in [0, 0.1) is 33.5 Å². The molecule has 1 saturated heterocycles. The molecule has 2 N–H and O–H groups in total. The van der Waals surface area contributed by atoms with Gasteiger partial charge in [-0.2, -0.15) is 0 Å². The van der Waals surface area contributed by atoms with Gasteiger partial charge in [-0.25, -0.2) is 0 Å². The van der Waals surface area contributed by atoms with Crippen molar-refractivity contribution in [2.75, 3.05) is 0 Å². The third-order valence-corrected chi connectivity index (χ3v) is 11.2. The molecule has 0 bridgehead atoms. The van der Waals surface area contributed by atoms with Gasteiger partial charge in [-0.3, -0.25) is 14.4 Å². The number of hydrogen-bond acceptors (Lipinski definition) is 6. The number of esters is 1. The van der Waals surface area contributed by atoms with Crippen molar-refractivity contribution in [2.45, 2.75) is 104 Å². The summed E-state index contributed by atoms with van der Waals surface area (Å²) in [6.07, 6.45) is 1.64. The van der Waals surface area contributed by atoms with Gasteiger partial charge in [0.15, 0.2) is 5.78 Å². The van der Waals surface area contributed by atoms with E-state index in [2.05, 4.69) is 6.92 Å². The van der Waals surface area contributed by atoms with Crippen molar-refractivity contribution in [3.05, 3.63) is 11.1 Å². The zero-order valence-corrected chi connectivity index (χ0v) is 20.8. The monoisotopic (exact) mass is 458 g/mol. The number of Topliss-reactive ketones (excluding diaryl/α,β-unsaturated/α-hetero) is 2. The van der Waals surface area contributed by atoms with Crippen LogP contribution in [-0.4, -0.2) is 45.6 Å². The smallest absolute Gasteiger partial charge is 0.306 e. The molecule has 182 valence electrons. The molecule has 0 aromatic heterocycles. The lowest BCUT2D eigenvalue weighted by molar-refractivity contribution is -0.159. The standard InChI is InChI=1S/C27H38O6/c1-23(2)16-11-14(28)22-21(24(16,3)9-7-18(23)30)15(29)13-25(4)17(12-19(31)27(22,25)6)26(5)10-8-20(32)33-26/h14,16-18,28,30H,7-13H2,1-6H3/t14-,16+,17-,18-,24-,25+,26+,27-/m0/s1. The molecule has 0 aromatic rings. The average molecular weight is 459 g/mol. The molecule has 5 rings (SSSR count). The summed E-state index contributed by atoms with van der Waals surface area (Å²) < 4.78 is 5.77. The van der Waals surface area contributed by atoms with Crippen molar-refractivity contribution in [3.8, 4) is 0 Å². The molecule has 5 aliphatic rings. The number of allylic oxidation sites excluding steroid dienone is 1. The fraction of sp³-hybridized carbons (Fsp3) is 0.815. The Hall–Kier alpha value is -1.53. The number of ether oxygens (including phenoxy) is 1. The Balaban J connectivity index is 1.69. The van der Waals surface area contributed by atoms with Gasteiger partial charge in [0.25, 0.3) is 0 Å². The van der Waals surface area contributed by atoms with Gasteiger partial charge < -0.3 is 14.9 Å². The van der Waals surface area contributed by atoms with Gasteiger partial charge in [0, 0.05) is 30.8 Å². The molecule has 3 fully saturated rings. The van der Waals surface area contributed by atoms with E-state index in [4.69, 9.17) is 4.74 Å². The minimum Gasteiger partial charge on any atom is -0.459 e. The van der Waals surface area contributed by atoms with Crippen molar-refractivity contribution in [2.24, 2.45) is 33.5 Å². The summed E-state index contributed by atoms with van der Waals surface area (Å²) in [5.41, 5.74) is -2.15. The predicted molar refractivity (Wildman–Crippen MR) is 121 cm³/mol. The fourth-order valence-corrected chi connectivity index (χ4v) is 9.08. The van der Waals surface area contributed by atoms with Crippen LogP contribution in [0.25, 0.3) is 0 Å². The van der Waals surface area contributed by atoms with Crippen LogP contribution in [0.4, 0.5) is 0 Å². The minimum atomic E-state index is -0.980. The summed E-state index contributed by atoms with van der Waals surface area (Å²) >= 11 is 0. The van der Waals surface area contributed by atoms with Crippen LogP contribution < -0.4 is 0 Å². The zero-order chi connectivity index (χ0) is 24.4. The lowest BCUT2D eigenvalue weighted by Gasteiger charge is -2.61. The van der Waals surface area contributed by atoms with Crippen molar-refractivity contribution in [3.63, 3.8) is 0 Å². The molecular formula is C27H38O6. The Labute approximate surface area is 196 Å². The molecule has 4 aliphatic carbocycles. The molecule has 0 amide bonds. The molecular weight excluding hydrogens is 420 g/mol. The van der Waals surface area contributed by atoms with Crippen molar-refractivity contribution >= 4 is 17.5 Å². The highest BCUT2D eigenvalue weighted by Crippen LogP contribution is 2.71. The van der Waals surface area contributed by atoms with Crippen molar-refractivity contribution in [1.29, 1.82) is 0 Å². The van der Waals surface area contributed by atoms with E-state index in [-0.39, 0.29) is 42.2 Å². The van der Waals surface area contributed by atoms with Crippen LogP contribution in [0.5, 0.6) is 0 Å². The van der Waals surface area contributed by atoms with E-state index in [1.54, 1.807) is 0 Å². The minimum absolute atomic E-state index is 0.0102. The van der Waals surface area contributed by atoms with Gasteiger partial charge in [-0.1, -0.05) is 27.7 Å². The third kappa shape index (κ3) is 2.60. The summed E-state index contributed by atoms with van der Waals surface area (Å²) in [5.74, 6) is -0.527. The Bertz CT molecular complexity index is 995. The SMILES string of the molecule is CC1(C)[C@H]2C[C@H](O)C3=C(C(=O)C[C@]4(C)[C@@H]([C@@]5(C)CCC(=O)O5)CC(=O)[C@@]34C)[C@@]2(C)CC[C@@H]1O. The van der Waals surface area contributed by atoms with Gasteiger partial charge >= 0.3 is 5.97 Å². The molecule has 0 spiro atoms. The maximum atomic E-state index is 14.0. The Morgan fingerprint density at radius 1 is 0.939 bits per heavy atom. The quantitative estimate of drug-likeness (QED) is 0.583. The first kappa shape index (κ1) is 23.2. The molecule has 1 heterocycles. The Morgan fingerprint density at radius 2 is 1.61 bits per heavy atom. The lowest BCUT2D eigenvalue weighted by Crippen LogP contribution is -2.61. The van der Waals surface area contributed by atoms with Crippen LogP contribution in [-0.2, 0) is 19.1 Å². The Kier molecular flexibility index (Phi) is 4.62. The normalized spacial score (nSPS) is 51.2. The summed E-state index contributed by atoms with van der Waals surface area (Å²) in [4.78, 5) is 39.9. The number of carbonyl (C=O) groups excluding carboxylic acids is 3. The molecule has 8 atom stereocenters. The van der Waals surface area contributed by atoms with Gasteiger partial charge in [0.2, 0.25) is 0 Å². The van der Waals surface area contributed by atoms with E-state index < -0.39 is 39.5 Å². The second-order valence-electron chi connectivity index (χ2n) is 13.0. The predicted octanol–water partition coefficient (Wildman–Crippen LogP) is 3.52. The number of aliphatic hydroxyl groups excluding tert-OH is 2. The summed E-state index contributed by atoms with van der Waals surface area (Å²) in [7, 11) is 0. The average Bonchev–Trinajstić information content (AvgIpc) is 3.16. The van der Waals surface area contributed by atoms with E-state index in [1.807, 2.05) is 34.6 Å². The highest BCUT2D eigenvalue weighted by Gasteiger charge is 2.72.